The molecular formula is C21H27N3O. The molecule has 1 saturated carbocycles. The van der Waals surface area contributed by atoms with Crippen molar-refractivity contribution in [2.45, 2.75) is 52.6 Å². The molecule has 1 aliphatic carbocycles. The average molecular weight is 337 g/mol. The molecule has 25 heavy (non-hydrogen) atoms. The highest BCUT2D eigenvalue weighted by molar-refractivity contribution is 5.78. The Morgan fingerprint density at radius 1 is 1.28 bits per heavy atom. The van der Waals surface area contributed by atoms with E-state index in [1.54, 1.807) is 10.6 Å². The van der Waals surface area contributed by atoms with Gasteiger partial charge in [0.1, 0.15) is 0 Å². The van der Waals surface area contributed by atoms with E-state index in [2.05, 4.69) is 32.3 Å². The van der Waals surface area contributed by atoms with Crippen LogP contribution in [0.3, 0.4) is 0 Å². The number of rotatable bonds is 3. The topological polar surface area (TPSA) is 38.1 Å². The Morgan fingerprint density at radius 2 is 2.04 bits per heavy atom. The summed E-state index contributed by atoms with van der Waals surface area (Å²) >= 11 is 0. The summed E-state index contributed by atoms with van der Waals surface area (Å²) in [5.41, 5.74) is 1.46. The minimum absolute atomic E-state index is 0.0337. The third-order valence-electron chi connectivity index (χ3n) is 5.82. The number of hydrogen-bond acceptors (Lipinski definition) is 3. The van der Waals surface area contributed by atoms with Gasteiger partial charge in [0.25, 0.3) is 5.56 Å². The molecule has 2 bridgehead atoms. The Morgan fingerprint density at radius 3 is 2.80 bits per heavy atom. The fourth-order valence-electron chi connectivity index (χ4n) is 5.36. The van der Waals surface area contributed by atoms with Crippen molar-refractivity contribution in [2.75, 3.05) is 11.4 Å². The Hall–Kier alpha value is -2.10. The quantitative estimate of drug-likeness (QED) is 0.795. The van der Waals surface area contributed by atoms with E-state index in [4.69, 9.17) is 4.98 Å². The summed E-state index contributed by atoms with van der Waals surface area (Å²) in [6.45, 7) is 12.4. The van der Waals surface area contributed by atoms with Gasteiger partial charge in [-0.15, -0.1) is 6.58 Å². The minimum Gasteiger partial charge on any atom is -0.339 e. The number of anilines is 1. The zero-order chi connectivity index (χ0) is 17.8. The van der Waals surface area contributed by atoms with Crippen molar-refractivity contribution in [2.24, 2.45) is 10.8 Å². The van der Waals surface area contributed by atoms with E-state index < -0.39 is 0 Å². The first kappa shape index (κ1) is 16.4. The smallest absolute Gasteiger partial charge is 0.263 e. The SMILES string of the molecule is C=CCn1c(N2CC3(C)CC2CC(C)(C)C3)nc2ccccc2c1=O. The van der Waals surface area contributed by atoms with Gasteiger partial charge in [-0.2, -0.15) is 0 Å². The van der Waals surface area contributed by atoms with Crippen LogP contribution < -0.4 is 10.5 Å². The van der Waals surface area contributed by atoms with Crippen LogP contribution in [-0.4, -0.2) is 22.1 Å². The molecule has 2 aliphatic rings. The van der Waals surface area contributed by atoms with Crippen LogP contribution in [0.15, 0.2) is 41.7 Å². The van der Waals surface area contributed by atoms with Crippen LogP contribution in [-0.2, 0) is 6.54 Å². The number of aromatic nitrogens is 2. The van der Waals surface area contributed by atoms with Crippen molar-refractivity contribution in [3.8, 4) is 0 Å². The van der Waals surface area contributed by atoms with Gasteiger partial charge < -0.3 is 4.90 Å². The number of para-hydroxylation sites is 1. The van der Waals surface area contributed by atoms with Crippen molar-refractivity contribution >= 4 is 16.9 Å². The summed E-state index contributed by atoms with van der Waals surface area (Å²) in [5, 5.41) is 0.682. The molecule has 1 aromatic carbocycles. The molecule has 132 valence electrons. The maximum atomic E-state index is 13.0. The van der Waals surface area contributed by atoms with Gasteiger partial charge in [0.2, 0.25) is 5.95 Å². The fraction of sp³-hybridized carbons (Fsp3) is 0.524. The fourth-order valence-corrected chi connectivity index (χ4v) is 5.36. The second kappa shape index (κ2) is 5.45. The number of allylic oxidation sites excluding steroid dienone is 1. The molecule has 1 saturated heterocycles. The van der Waals surface area contributed by atoms with E-state index in [1.165, 1.54) is 12.8 Å². The molecule has 0 N–H and O–H groups in total. The van der Waals surface area contributed by atoms with Crippen molar-refractivity contribution in [3.63, 3.8) is 0 Å². The zero-order valence-electron chi connectivity index (χ0n) is 15.5. The second-order valence-electron chi connectivity index (χ2n) is 8.98. The highest BCUT2D eigenvalue weighted by Gasteiger charge is 2.50. The summed E-state index contributed by atoms with van der Waals surface area (Å²) in [5.74, 6) is 0.815. The minimum atomic E-state index is 0.0337. The second-order valence-corrected chi connectivity index (χ2v) is 8.98. The Balaban J connectivity index is 1.88. The molecule has 4 rings (SSSR count). The summed E-state index contributed by atoms with van der Waals surface area (Å²) in [6, 6.07) is 8.10. The van der Waals surface area contributed by atoms with Gasteiger partial charge >= 0.3 is 0 Å². The average Bonchev–Trinajstić information content (AvgIpc) is 2.79. The van der Waals surface area contributed by atoms with E-state index in [0.29, 0.717) is 28.8 Å². The van der Waals surface area contributed by atoms with Crippen LogP contribution in [0, 0.1) is 10.8 Å². The molecule has 2 atom stereocenters. The van der Waals surface area contributed by atoms with Crippen molar-refractivity contribution < 1.29 is 0 Å². The highest BCUT2D eigenvalue weighted by Crippen LogP contribution is 2.53. The molecule has 4 heteroatoms. The van der Waals surface area contributed by atoms with Crippen molar-refractivity contribution in [3.05, 3.63) is 47.3 Å². The predicted octanol–water partition coefficient (Wildman–Crippen LogP) is 3.99. The molecule has 1 aromatic heterocycles. The number of benzene rings is 1. The van der Waals surface area contributed by atoms with Gasteiger partial charge in [0.05, 0.1) is 10.9 Å². The largest absolute Gasteiger partial charge is 0.339 e. The van der Waals surface area contributed by atoms with Gasteiger partial charge in [-0.05, 0) is 42.2 Å². The molecule has 2 unspecified atom stereocenters. The van der Waals surface area contributed by atoms with Crippen LogP contribution >= 0.6 is 0 Å². The predicted molar refractivity (Wildman–Crippen MR) is 103 cm³/mol. The molecule has 4 nitrogen and oxygen atoms in total. The van der Waals surface area contributed by atoms with E-state index in [9.17, 15) is 4.79 Å². The first-order valence-corrected chi connectivity index (χ1v) is 9.19. The van der Waals surface area contributed by atoms with Gasteiger partial charge in [-0.25, -0.2) is 4.98 Å². The standard InChI is InChI=1S/C21H27N3O/c1-5-10-23-18(25)16-8-6-7-9-17(16)22-19(23)24-14-21(4)12-15(24)11-20(2,3)13-21/h5-9,15H,1,10-14H2,2-4H3. The Kier molecular flexibility index (Phi) is 3.57. The molecule has 0 radical (unpaired) electrons. The van der Waals surface area contributed by atoms with Gasteiger partial charge in [-0.1, -0.05) is 39.0 Å². The first-order chi connectivity index (χ1) is 11.8. The van der Waals surface area contributed by atoms with Crippen LogP contribution in [0.4, 0.5) is 5.95 Å². The molecular weight excluding hydrogens is 310 g/mol. The summed E-state index contributed by atoms with van der Waals surface area (Å²) in [6.07, 6.45) is 5.36. The molecule has 0 amide bonds. The Labute approximate surface area is 149 Å². The third-order valence-corrected chi connectivity index (χ3v) is 5.82. The maximum Gasteiger partial charge on any atom is 0.263 e. The molecule has 2 aromatic rings. The zero-order valence-corrected chi connectivity index (χ0v) is 15.5. The molecule has 2 fully saturated rings. The lowest BCUT2D eigenvalue weighted by atomic mass is 9.65. The van der Waals surface area contributed by atoms with E-state index >= 15 is 0 Å². The van der Waals surface area contributed by atoms with Gasteiger partial charge in [-0.3, -0.25) is 9.36 Å². The monoisotopic (exact) mass is 337 g/mol. The lowest BCUT2D eigenvalue weighted by Crippen LogP contribution is -2.38. The lowest BCUT2D eigenvalue weighted by Gasteiger charge is -2.39. The van der Waals surface area contributed by atoms with E-state index in [1.807, 2.05) is 24.3 Å². The van der Waals surface area contributed by atoms with Crippen molar-refractivity contribution in [1.82, 2.24) is 9.55 Å². The summed E-state index contributed by atoms with van der Waals surface area (Å²) in [4.78, 5) is 20.4. The van der Waals surface area contributed by atoms with Crippen LogP contribution in [0.5, 0.6) is 0 Å². The lowest BCUT2D eigenvalue weighted by molar-refractivity contribution is 0.136. The molecule has 1 aliphatic heterocycles. The third kappa shape index (κ3) is 2.68. The highest BCUT2D eigenvalue weighted by atomic mass is 16.1. The van der Waals surface area contributed by atoms with E-state index in [0.717, 1.165) is 24.4 Å². The van der Waals surface area contributed by atoms with Crippen molar-refractivity contribution in [1.29, 1.82) is 0 Å². The molecule has 0 spiro atoms. The van der Waals surface area contributed by atoms with Crippen LogP contribution in [0.2, 0.25) is 0 Å². The maximum absolute atomic E-state index is 13.0. The molecule has 2 heterocycles. The normalized spacial score (nSPS) is 27.6. The van der Waals surface area contributed by atoms with Crippen LogP contribution in [0.25, 0.3) is 10.9 Å². The number of hydrogen-bond donors (Lipinski definition) is 0. The van der Waals surface area contributed by atoms with Gasteiger partial charge in [0.15, 0.2) is 0 Å². The van der Waals surface area contributed by atoms with Gasteiger partial charge in [0, 0.05) is 19.1 Å². The number of fused-ring (bicyclic) bond motifs is 3. The summed E-state index contributed by atoms with van der Waals surface area (Å²) in [7, 11) is 0. The van der Waals surface area contributed by atoms with E-state index in [-0.39, 0.29) is 5.56 Å². The number of nitrogens with zero attached hydrogens (tertiary/aromatic N) is 3. The summed E-state index contributed by atoms with van der Waals surface area (Å²) < 4.78 is 1.80. The first-order valence-electron chi connectivity index (χ1n) is 9.19. The van der Waals surface area contributed by atoms with Crippen LogP contribution in [0.1, 0.15) is 40.0 Å². The Bertz CT molecular complexity index is 898.